The molecule has 0 aromatic carbocycles. The molecule has 0 aliphatic rings. The van der Waals surface area contributed by atoms with E-state index in [2.05, 4.69) is 25.8 Å². The lowest BCUT2D eigenvalue weighted by molar-refractivity contribution is -0.121. The number of aromatic nitrogens is 3. The third kappa shape index (κ3) is 3.99. The quantitative estimate of drug-likeness (QED) is 0.533. The number of carbonyl (C=O) groups excluding carboxylic acids is 1. The van der Waals surface area contributed by atoms with Crippen LogP contribution in [-0.2, 0) is 11.3 Å². The average Bonchev–Trinajstić information content (AvgIpc) is 2.68. The Morgan fingerprint density at radius 3 is 3.14 bits per heavy atom. The Labute approximate surface area is 82.5 Å². The minimum absolute atomic E-state index is 0.0386. The molecule has 1 amide bonds. The van der Waals surface area contributed by atoms with Crippen molar-refractivity contribution in [2.45, 2.75) is 19.4 Å². The number of hydrogen-bond donors (Lipinski definition) is 3. The van der Waals surface area contributed by atoms with E-state index in [0.29, 0.717) is 18.8 Å². The Morgan fingerprint density at radius 1 is 1.64 bits per heavy atom. The van der Waals surface area contributed by atoms with Crippen molar-refractivity contribution in [1.82, 2.24) is 25.8 Å². The van der Waals surface area contributed by atoms with Crippen molar-refractivity contribution in [1.29, 1.82) is 0 Å². The van der Waals surface area contributed by atoms with Crippen LogP contribution in [0.1, 0.15) is 18.7 Å². The molecule has 0 saturated heterocycles. The number of aromatic amines is 1. The first kappa shape index (κ1) is 10.6. The first-order valence-electron chi connectivity index (χ1n) is 4.58. The highest BCUT2D eigenvalue weighted by Gasteiger charge is 2.01. The van der Waals surface area contributed by atoms with Crippen LogP contribution in [0.2, 0.25) is 0 Å². The van der Waals surface area contributed by atoms with Gasteiger partial charge in [0, 0.05) is 6.42 Å². The summed E-state index contributed by atoms with van der Waals surface area (Å²) in [5.41, 5.74) is 0. The van der Waals surface area contributed by atoms with E-state index in [1.165, 1.54) is 6.33 Å². The number of nitrogens with zero attached hydrogens (tertiary/aromatic N) is 2. The van der Waals surface area contributed by atoms with Crippen LogP contribution in [0, 0.1) is 0 Å². The summed E-state index contributed by atoms with van der Waals surface area (Å²) < 4.78 is 0. The molecule has 0 unspecified atom stereocenters. The zero-order valence-electron chi connectivity index (χ0n) is 8.21. The smallest absolute Gasteiger partial charge is 0.220 e. The number of nitrogens with one attached hydrogen (secondary N) is 3. The van der Waals surface area contributed by atoms with E-state index in [-0.39, 0.29) is 5.91 Å². The van der Waals surface area contributed by atoms with Gasteiger partial charge in [-0.15, -0.1) is 0 Å². The second-order valence-corrected chi connectivity index (χ2v) is 2.92. The summed E-state index contributed by atoms with van der Waals surface area (Å²) in [6.45, 7) is 1.27. The molecule has 14 heavy (non-hydrogen) atoms. The summed E-state index contributed by atoms with van der Waals surface area (Å²) in [5.74, 6) is 0.712. The summed E-state index contributed by atoms with van der Waals surface area (Å²) in [4.78, 5) is 15.1. The van der Waals surface area contributed by atoms with Gasteiger partial charge in [0.1, 0.15) is 12.2 Å². The molecule has 1 heterocycles. The van der Waals surface area contributed by atoms with Crippen LogP contribution in [0.3, 0.4) is 0 Å². The zero-order valence-corrected chi connectivity index (χ0v) is 8.21. The van der Waals surface area contributed by atoms with E-state index >= 15 is 0 Å². The van der Waals surface area contributed by atoms with Gasteiger partial charge in [-0.25, -0.2) is 4.98 Å². The summed E-state index contributed by atoms with van der Waals surface area (Å²) in [6.07, 6.45) is 2.80. The van der Waals surface area contributed by atoms with Crippen LogP contribution in [-0.4, -0.2) is 34.7 Å². The molecule has 0 atom stereocenters. The van der Waals surface area contributed by atoms with E-state index in [0.717, 1.165) is 13.0 Å². The molecule has 3 N–H and O–H groups in total. The molecule has 6 heteroatoms. The van der Waals surface area contributed by atoms with Gasteiger partial charge in [-0.1, -0.05) is 0 Å². The van der Waals surface area contributed by atoms with Gasteiger partial charge in [0.15, 0.2) is 0 Å². The fourth-order valence-corrected chi connectivity index (χ4v) is 1.01. The van der Waals surface area contributed by atoms with Gasteiger partial charge < -0.3 is 10.6 Å². The maximum atomic E-state index is 11.2. The Balaban J connectivity index is 2.09. The van der Waals surface area contributed by atoms with Crippen LogP contribution < -0.4 is 10.6 Å². The number of rotatable bonds is 6. The average molecular weight is 197 g/mol. The maximum Gasteiger partial charge on any atom is 0.220 e. The second-order valence-electron chi connectivity index (χ2n) is 2.92. The lowest BCUT2D eigenvalue weighted by atomic mass is 10.3. The van der Waals surface area contributed by atoms with Crippen molar-refractivity contribution in [3.63, 3.8) is 0 Å². The summed E-state index contributed by atoms with van der Waals surface area (Å²) in [6, 6.07) is 0. The van der Waals surface area contributed by atoms with Gasteiger partial charge in [0.25, 0.3) is 0 Å². The summed E-state index contributed by atoms with van der Waals surface area (Å²) in [5, 5.41) is 12.1. The molecule has 1 aromatic rings. The molecule has 0 aliphatic heterocycles. The van der Waals surface area contributed by atoms with E-state index < -0.39 is 0 Å². The monoisotopic (exact) mass is 197 g/mol. The topological polar surface area (TPSA) is 82.7 Å². The third-order valence-electron chi connectivity index (χ3n) is 1.75. The number of hydrogen-bond acceptors (Lipinski definition) is 4. The molecule has 0 saturated carbocycles. The number of carbonyl (C=O) groups is 1. The Bertz CT molecular complexity index is 259. The van der Waals surface area contributed by atoms with Crippen molar-refractivity contribution in [2.24, 2.45) is 0 Å². The van der Waals surface area contributed by atoms with Crippen molar-refractivity contribution in [3.8, 4) is 0 Å². The molecular weight excluding hydrogens is 182 g/mol. The van der Waals surface area contributed by atoms with E-state index in [1.54, 1.807) is 0 Å². The first-order valence-corrected chi connectivity index (χ1v) is 4.58. The lowest BCUT2D eigenvalue weighted by Gasteiger charge is -2.02. The predicted molar refractivity (Wildman–Crippen MR) is 51.4 cm³/mol. The van der Waals surface area contributed by atoms with Gasteiger partial charge in [-0.05, 0) is 20.0 Å². The molecule has 0 radical (unpaired) electrons. The molecule has 6 nitrogen and oxygen atoms in total. The van der Waals surface area contributed by atoms with Gasteiger partial charge >= 0.3 is 0 Å². The van der Waals surface area contributed by atoms with Crippen LogP contribution in [0.5, 0.6) is 0 Å². The normalized spacial score (nSPS) is 10.1. The summed E-state index contributed by atoms with van der Waals surface area (Å²) >= 11 is 0. The molecule has 0 aliphatic carbocycles. The molecule has 1 rings (SSSR count). The van der Waals surface area contributed by atoms with Gasteiger partial charge in [-0.2, -0.15) is 5.10 Å². The van der Waals surface area contributed by atoms with Crippen molar-refractivity contribution in [2.75, 3.05) is 13.6 Å². The molecule has 0 bridgehead atoms. The standard InChI is InChI=1S/C8H15N5O/c1-9-4-2-3-8(14)10-5-7-11-6-12-13-7/h6,9H,2-5H2,1H3,(H,10,14)(H,11,12,13). The first-order chi connectivity index (χ1) is 6.83. The highest BCUT2D eigenvalue weighted by molar-refractivity contribution is 5.75. The number of amides is 1. The van der Waals surface area contributed by atoms with E-state index in [4.69, 9.17) is 0 Å². The Kier molecular flexibility index (Phi) is 4.63. The van der Waals surface area contributed by atoms with Gasteiger partial charge in [0.05, 0.1) is 6.54 Å². The highest BCUT2D eigenvalue weighted by atomic mass is 16.1. The molecular formula is C8H15N5O. The number of H-pyrrole nitrogens is 1. The largest absolute Gasteiger partial charge is 0.349 e. The van der Waals surface area contributed by atoms with Crippen LogP contribution in [0.4, 0.5) is 0 Å². The predicted octanol–water partition coefficient (Wildman–Crippen LogP) is -0.579. The van der Waals surface area contributed by atoms with Gasteiger partial charge in [-0.3, -0.25) is 9.89 Å². The van der Waals surface area contributed by atoms with Crippen LogP contribution in [0.15, 0.2) is 6.33 Å². The second kappa shape index (κ2) is 6.09. The van der Waals surface area contributed by atoms with E-state index in [9.17, 15) is 4.79 Å². The van der Waals surface area contributed by atoms with Crippen molar-refractivity contribution >= 4 is 5.91 Å². The minimum atomic E-state index is 0.0386. The van der Waals surface area contributed by atoms with Crippen molar-refractivity contribution in [3.05, 3.63) is 12.2 Å². The van der Waals surface area contributed by atoms with Crippen molar-refractivity contribution < 1.29 is 4.79 Å². The third-order valence-corrected chi connectivity index (χ3v) is 1.75. The fraction of sp³-hybridized carbons (Fsp3) is 0.625. The molecule has 0 fully saturated rings. The van der Waals surface area contributed by atoms with Crippen LogP contribution in [0.25, 0.3) is 0 Å². The van der Waals surface area contributed by atoms with E-state index in [1.807, 2.05) is 7.05 Å². The lowest BCUT2D eigenvalue weighted by Crippen LogP contribution is -2.24. The molecule has 1 aromatic heterocycles. The summed E-state index contributed by atoms with van der Waals surface area (Å²) in [7, 11) is 1.87. The molecule has 0 spiro atoms. The van der Waals surface area contributed by atoms with Crippen LogP contribution >= 0.6 is 0 Å². The minimum Gasteiger partial charge on any atom is -0.349 e. The fourth-order valence-electron chi connectivity index (χ4n) is 1.01. The zero-order chi connectivity index (χ0) is 10.2. The maximum absolute atomic E-state index is 11.2. The SMILES string of the molecule is CNCCCC(=O)NCc1ncn[nH]1. The molecule has 78 valence electrons. The van der Waals surface area contributed by atoms with Gasteiger partial charge in [0.2, 0.25) is 5.91 Å². The highest BCUT2D eigenvalue weighted by Crippen LogP contribution is 1.89. The Hall–Kier alpha value is -1.43. The Morgan fingerprint density at radius 2 is 2.50 bits per heavy atom.